The van der Waals surface area contributed by atoms with Gasteiger partial charge in [0.2, 0.25) is 5.89 Å². The lowest BCUT2D eigenvalue weighted by Crippen LogP contribution is -2.40. The van der Waals surface area contributed by atoms with Crippen molar-refractivity contribution < 1.29 is 50.9 Å². The molecule has 0 spiro atoms. The van der Waals surface area contributed by atoms with Gasteiger partial charge >= 0.3 is 30.0 Å². The third-order valence-corrected chi connectivity index (χ3v) is 6.13. The number of alkyl halides is 3. The van der Waals surface area contributed by atoms with Gasteiger partial charge in [-0.25, -0.2) is 14.4 Å². The third-order valence-electron chi connectivity index (χ3n) is 6.13. The summed E-state index contributed by atoms with van der Waals surface area (Å²) in [7, 11) is 0. The number of carbonyl (C=O) groups excluding carboxylic acids is 3. The first-order valence-electron chi connectivity index (χ1n) is 12.5. The highest BCUT2D eigenvalue weighted by Gasteiger charge is 2.54. The molecule has 0 unspecified atom stereocenters. The molecule has 13 heteroatoms. The molecule has 0 saturated carbocycles. The van der Waals surface area contributed by atoms with E-state index in [-0.39, 0.29) is 16.7 Å². The van der Waals surface area contributed by atoms with E-state index >= 15 is 0 Å². The van der Waals surface area contributed by atoms with Crippen LogP contribution in [0.4, 0.5) is 13.2 Å². The minimum Gasteiger partial charge on any atom is -0.459 e. The van der Waals surface area contributed by atoms with Crippen LogP contribution < -0.4 is 0 Å². The van der Waals surface area contributed by atoms with Gasteiger partial charge in [0.15, 0.2) is 18.3 Å². The van der Waals surface area contributed by atoms with Crippen LogP contribution in [0.25, 0.3) is 0 Å². The SMILES string of the molecule is O=C(OC[C@H]1O[C@@H](c2nnc(C(F)(F)F)o2)[C@@H](OC(=O)c2ccccc2)[C@@H]1OC(=O)c1ccccc1)c1ccccc1. The molecule has 5 rings (SSSR count). The van der Waals surface area contributed by atoms with Gasteiger partial charge in [0.1, 0.15) is 12.7 Å². The van der Waals surface area contributed by atoms with Crippen molar-refractivity contribution in [3.63, 3.8) is 0 Å². The summed E-state index contributed by atoms with van der Waals surface area (Å²) in [4.78, 5) is 38.7. The first-order valence-corrected chi connectivity index (χ1v) is 12.5. The predicted molar refractivity (Wildman–Crippen MR) is 135 cm³/mol. The van der Waals surface area contributed by atoms with Crippen LogP contribution in [0.3, 0.4) is 0 Å². The van der Waals surface area contributed by atoms with Crippen LogP contribution in [-0.4, -0.2) is 53.0 Å². The monoisotopic (exact) mass is 582 g/mol. The summed E-state index contributed by atoms with van der Waals surface area (Å²) in [6.45, 7) is -0.531. The van der Waals surface area contributed by atoms with Gasteiger partial charge in [0.05, 0.1) is 16.7 Å². The average Bonchev–Trinajstić information content (AvgIpc) is 3.63. The van der Waals surface area contributed by atoms with E-state index in [2.05, 4.69) is 10.2 Å². The maximum atomic E-state index is 13.3. The fraction of sp³-hybridized carbons (Fsp3) is 0.207. The molecule has 1 aliphatic heterocycles. The Bertz CT molecular complexity index is 1530. The van der Waals surface area contributed by atoms with E-state index < -0.39 is 66.9 Å². The molecule has 0 bridgehead atoms. The Morgan fingerprint density at radius 2 is 1.17 bits per heavy atom. The highest BCUT2D eigenvalue weighted by atomic mass is 19.4. The zero-order valence-electron chi connectivity index (χ0n) is 21.5. The Labute approximate surface area is 236 Å². The van der Waals surface area contributed by atoms with Crippen LogP contribution in [0.1, 0.15) is 49.0 Å². The van der Waals surface area contributed by atoms with Gasteiger partial charge in [-0.3, -0.25) is 0 Å². The smallest absolute Gasteiger partial charge is 0.459 e. The number of esters is 3. The topological polar surface area (TPSA) is 127 Å². The van der Waals surface area contributed by atoms with Crippen molar-refractivity contribution in [2.45, 2.75) is 30.6 Å². The van der Waals surface area contributed by atoms with E-state index in [1.54, 1.807) is 54.6 Å². The molecule has 1 aliphatic rings. The van der Waals surface area contributed by atoms with Gasteiger partial charge in [0.25, 0.3) is 0 Å². The van der Waals surface area contributed by atoms with Crippen LogP contribution in [-0.2, 0) is 25.1 Å². The van der Waals surface area contributed by atoms with Gasteiger partial charge in [-0.2, -0.15) is 13.2 Å². The van der Waals surface area contributed by atoms with Crippen molar-refractivity contribution in [3.8, 4) is 0 Å². The van der Waals surface area contributed by atoms with Crippen molar-refractivity contribution in [2.75, 3.05) is 6.61 Å². The molecule has 216 valence electrons. The highest BCUT2D eigenvalue weighted by molar-refractivity contribution is 5.91. The maximum Gasteiger partial charge on any atom is 0.470 e. The van der Waals surface area contributed by atoms with Gasteiger partial charge in [0, 0.05) is 0 Å². The minimum absolute atomic E-state index is 0.102. The number of benzene rings is 3. The highest BCUT2D eigenvalue weighted by Crippen LogP contribution is 2.39. The minimum atomic E-state index is -4.97. The summed E-state index contributed by atoms with van der Waals surface area (Å²) in [5, 5.41) is 6.46. The van der Waals surface area contributed by atoms with Crippen LogP contribution in [0, 0.1) is 0 Å². The molecule has 0 N–H and O–H groups in total. The van der Waals surface area contributed by atoms with E-state index in [1.807, 2.05) is 0 Å². The van der Waals surface area contributed by atoms with Gasteiger partial charge < -0.3 is 23.4 Å². The van der Waals surface area contributed by atoms with Crippen LogP contribution in [0.2, 0.25) is 0 Å². The number of hydrogen-bond donors (Lipinski definition) is 0. The van der Waals surface area contributed by atoms with E-state index in [1.165, 1.54) is 36.4 Å². The predicted octanol–water partition coefficient (Wildman–Crippen LogP) is 4.84. The maximum absolute atomic E-state index is 13.3. The number of hydrogen-bond acceptors (Lipinski definition) is 10. The fourth-order valence-corrected chi connectivity index (χ4v) is 4.14. The van der Waals surface area contributed by atoms with Crippen LogP contribution in [0.15, 0.2) is 95.4 Å². The van der Waals surface area contributed by atoms with Gasteiger partial charge in [-0.05, 0) is 36.4 Å². The average molecular weight is 582 g/mol. The number of aromatic nitrogens is 2. The number of halogens is 3. The molecule has 1 saturated heterocycles. The number of ether oxygens (including phenoxy) is 4. The lowest BCUT2D eigenvalue weighted by atomic mass is 10.1. The molecular formula is C29H21F3N2O8. The second-order valence-corrected chi connectivity index (χ2v) is 8.97. The summed E-state index contributed by atoms with van der Waals surface area (Å²) in [6, 6.07) is 23.5. The van der Waals surface area contributed by atoms with Crippen molar-refractivity contribution in [3.05, 3.63) is 119 Å². The Balaban J connectivity index is 1.48. The van der Waals surface area contributed by atoms with Crippen molar-refractivity contribution in [1.82, 2.24) is 10.2 Å². The number of rotatable bonds is 8. The van der Waals surface area contributed by atoms with Crippen LogP contribution in [0.5, 0.6) is 0 Å². The molecule has 0 amide bonds. The van der Waals surface area contributed by atoms with E-state index in [0.29, 0.717) is 0 Å². The van der Waals surface area contributed by atoms with Crippen molar-refractivity contribution >= 4 is 17.9 Å². The molecule has 3 aromatic carbocycles. The standard InChI is InChI=1S/C29H21F3N2O8/c30-29(31,32)28-34-33-24(42-28)23-22(41-27(37)19-14-8-3-9-15-19)21(40-26(36)18-12-6-2-7-13-18)20(39-23)16-38-25(35)17-10-4-1-5-11-17/h1-15,20-23H,16H2/t20-,21-,22+,23-/m1/s1. The summed E-state index contributed by atoms with van der Waals surface area (Å²) < 4.78 is 67.1. The van der Waals surface area contributed by atoms with Gasteiger partial charge in [-0.1, -0.05) is 54.6 Å². The molecule has 42 heavy (non-hydrogen) atoms. The molecule has 4 aromatic rings. The Kier molecular flexibility index (Phi) is 8.29. The zero-order chi connectivity index (χ0) is 29.7. The second kappa shape index (κ2) is 12.2. The summed E-state index contributed by atoms with van der Waals surface area (Å²) in [5.41, 5.74) is 0.444. The van der Waals surface area contributed by atoms with Gasteiger partial charge in [-0.15, -0.1) is 10.2 Å². The summed E-state index contributed by atoms with van der Waals surface area (Å²) in [6.07, 6.45) is -10.9. The summed E-state index contributed by atoms with van der Waals surface area (Å²) >= 11 is 0. The molecule has 2 heterocycles. The lowest BCUT2D eigenvalue weighted by molar-refractivity contribution is -0.158. The molecule has 10 nitrogen and oxygen atoms in total. The molecule has 0 aliphatic carbocycles. The molecule has 0 radical (unpaired) electrons. The van der Waals surface area contributed by atoms with Crippen molar-refractivity contribution in [2.24, 2.45) is 0 Å². The van der Waals surface area contributed by atoms with E-state index in [9.17, 15) is 27.6 Å². The van der Waals surface area contributed by atoms with Crippen LogP contribution >= 0.6 is 0 Å². The number of nitrogens with zero attached hydrogens (tertiary/aromatic N) is 2. The Morgan fingerprint density at radius 3 is 1.64 bits per heavy atom. The Morgan fingerprint density at radius 1 is 0.690 bits per heavy atom. The second-order valence-electron chi connectivity index (χ2n) is 8.97. The molecular weight excluding hydrogens is 561 g/mol. The largest absolute Gasteiger partial charge is 0.470 e. The third kappa shape index (κ3) is 6.47. The summed E-state index contributed by atoms with van der Waals surface area (Å²) in [5.74, 6) is -4.85. The quantitative estimate of drug-likeness (QED) is 0.210. The molecule has 4 atom stereocenters. The fourth-order valence-electron chi connectivity index (χ4n) is 4.14. The first kappa shape index (κ1) is 28.5. The number of carbonyl (C=O) groups is 3. The Hall–Kier alpha value is -5.04. The van der Waals surface area contributed by atoms with E-state index in [4.69, 9.17) is 23.4 Å². The first-order chi connectivity index (χ1) is 20.2. The molecule has 1 fully saturated rings. The van der Waals surface area contributed by atoms with Crippen molar-refractivity contribution in [1.29, 1.82) is 0 Å². The van der Waals surface area contributed by atoms with E-state index in [0.717, 1.165) is 0 Å². The normalized spacial score (nSPS) is 20.1. The molecule has 1 aromatic heterocycles. The lowest BCUT2D eigenvalue weighted by Gasteiger charge is -2.24. The zero-order valence-corrected chi connectivity index (χ0v) is 21.5.